The van der Waals surface area contributed by atoms with Gasteiger partial charge in [0.05, 0.1) is 0 Å². The molecule has 1 saturated heterocycles. The second-order valence-electron chi connectivity index (χ2n) is 6.29. The van der Waals surface area contributed by atoms with E-state index in [0.717, 1.165) is 32.4 Å². The van der Waals surface area contributed by atoms with Gasteiger partial charge in [-0.25, -0.2) is 0 Å². The van der Waals surface area contributed by atoms with E-state index in [1.165, 1.54) is 12.8 Å². The van der Waals surface area contributed by atoms with Crippen molar-refractivity contribution in [3.8, 4) is 0 Å². The first-order valence-corrected chi connectivity index (χ1v) is 7.31. The first kappa shape index (κ1) is 14.8. The summed E-state index contributed by atoms with van der Waals surface area (Å²) in [5, 5.41) is 12.5. The number of likely N-dealkylation sites (tertiary alicyclic amines) is 1. The van der Waals surface area contributed by atoms with E-state index in [1.807, 2.05) is 0 Å². The minimum atomic E-state index is -0.699. The molecule has 5 heteroatoms. The Bertz CT molecular complexity index is 335. The molecule has 0 spiro atoms. The lowest BCUT2D eigenvalue weighted by molar-refractivity contribution is -0.144. The van der Waals surface area contributed by atoms with Crippen LogP contribution in [0.25, 0.3) is 0 Å². The maximum atomic E-state index is 11.5. The van der Waals surface area contributed by atoms with Crippen molar-refractivity contribution in [1.82, 2.24) is 15.1 Å². The molecule has 1 aliphatic carbocycles. The monoisotopic (exact) mass is 269 g/mol. The topological polar surface area (TPSA) is 55.8 Å². The predicted molar refractivity (Wildman–Crippen MR) is 75.3 cm³/mol. The van der Waals surface area contributed by atoms with Crippen molar-refractivity contribution in [1.29, 1.82) is 0 Å². The zero-order valence-corrected chi connectivity index (χ0v) is 12.4. The van der Waals surface area contributed by atoms with Crippen molar-refractivity contribution in [2.75, 3.05) is 34.2 Å². The molecule has 2 fully saturated rings. The van der Waals surface area contributed by atoms with Gasteiger partial charge >= 0.3 is 5.97 Å². The van der Waals surface area contributed by atoms with Gasteiger partial charge in [-0.3, -0.25) is 9.69 Å². The lowest BCUT2D eigenvalue weighted by atomic mass is 9.96. The zero-order valence-electron chi connectivity index (χ0n) is 12.4. The van der Waals surface area contributed by atoms with Gasteiger partial charge in [0.25, 0.3) is 0 Å². The Morgan fingerprint density at radius 1 is 1.42 bits per heavy atom. The van der Waals surface area contributed by atoms with Crippen LogP contribution in [0.15, 0.2) is 0 Å². The fourth-order valence-corrected chi connectivity index (χ4v) is 3.60. The quantitative estimate of drug-likeness (QED) is 0.783. The highest BCUT2D eigenvalue weighted by Gasteiger charge is 2.46. The second-order valence-corrected chi connectivity index (χ2v) is 6.29. The van der Waals surface area contributed by atoms with Gasteiger partial charge in [0, 0.05) is 18.6 Å². The average Bonchev–Trinajstić information content (AvgIpc) is 2.84. The summed E-state index contributed by atoms with van der Waals surface area (Å²) in [7, 11) is 6.05. The van der Waals surface area contributed by atoms with Crippen molar-refractivity contribution >= 4 is 5.97 Å². The smallest absolute Gasteiger partial charge is 0.323 e. The maximum absolute atomic E-state index is 11.5. The van der Waals surface area contributed by atoms with Gasteiger partial charge < -0.3 is 15.3 Å². The molecule has 1 aliphatic heterocycles. The van der Waals surface area contributed by atoms with E-state index in [2.05, 4.69) is 29.2 Å². The molecule has 110 valence electrons. The third-order valence-electron chi connectivity index (χ3n) is 5.05. The fourth-order valence-electron chi connectivity index (χ4n) is 3.60. The molecule has 19 heavy (non-hydrogen) atoms. The number of hydrogen-bond donors (Lipinski definition) is 2. The summed E-state index contributed by atoms with van der Waals surface area (Å²) in [4.78, 5) is 16.3. The Morgan fingerprint density at radius 2 is 2.16 bits per heavy atom. The molecule has 0 amide bonds. The van der Waals surface area contributed by atoms with Crippen molar-refractivity contribution < 1.29 is 9.90 Å². The van der Waals surface area contributed by atoms with Crippen molar-refractivity contribution in [3.05, 3.63) is 0 Å². The van der Waals surface area contributed by atoms with E-state index in [4.69, 9.17) is 0 Å². The molecule has 0 radical (unpaired) electrons. The Hall–Kier alpha value is -0.650. The molecule has 3 atom stereocenters. The third kappa shape index (κ3) is 2.93. The molecule has 3 unspecified atom stereocenters. The standard InChI is InChI=1S/C14H27N3O2/c1-15-14(13(18)19)7-6-11(9-14)17-8-4-5-12(10-17)16(2)3/h11-12,15H,4-10H2,1-3H3,(H,18,19). The number of nitrogens with zero attached hydrogens (tertiary/aromatic N) is 2. The summed E-state index contributed by atoms with van der Waals surface area (Å²) < 4.78 is 0. The molecule has 2 rings (SSSR count). The van der Waals surface area contributed by atoms with Crippen LogP contribution in [0, 0.1) is 0 Å². The molecular formula is C14H27N3O2. The largest absolute Gasteiger partial charge is 0.480 e. The van der Waals surface area contributed by atoms with Crippen LogP contribution in [0.5, 0.6) is 0 Å². The normalized spacial score (nSPS) is 36.8. The zero-order chi connectivity index (χ0) is 14.0. The number of piperidine rings is 1. The highest BCUT2D eigenvalue weighted by Crippen LogP contribution is 2.34. The first-order valence-electron chi connectivity index (χ1n) is 7.31. The van der Waals surface area contributed by atoms with E-state index in [1.54, 1.807) is 7.05 Å². The van der Waals surface area contributed by atoms with E-state index in [9.17, 15) is 9.90 Å². The molecule has 2 N–H and O–H groups in total. The van der Waals surface area contributed by atoms with Gasteiger partial charge in [0.2, 0.25) is 0 Å². The number of nitrogens with one attached hydrogen (secondary N) is 1. The highest BCUT2D eigenvalue weighted by atomic mass is 16.4. The van der Waals surface area contributed by atoms with Gasteiger partial charge in [-0.05, 0) is 59.8 Å². The number of carboxylic acids is 1. The molecular weight excluding hydrogens is 242 g/mol. The van der Waals surface area contributed by atoms with Crippen LogP contribution in [0.1, 0.15) is 32.1 Å². The van der Waals surface area contributed by atoms with Crippen molar-refractivity contribution in [2.45, 2.75) is 49.7 Å². The van der Waals surface area contributed by atoms with Gasteiger partial charge in [0.1, 0.15) is 5.54 Å². The summed E-state index contributed by atoms with van der Waals surface area (Å²) >= 11 is 0. The molecule has 1 heterocycles. The van der Waals surface area contributed by atoms with E-state index >= 15 is 0 Å². The van der Waals surface area contributed by atoms with Crippen molar-refractivity contribution in [3.63, 3.8) is 0 Å². The lowest BCUT2D eigenvalue weighted by Crippen LogP contribution is -2.52. The predicted octanol–water partition coefficient (Wildman–Crippen LogP) is 0.608. The van der Waals surface area contributed by atoms with Gasteiger partial charge in [-0.15, -0.1) is 0 Å². The molecule has 1 saturated carbocycles. The Labute approximate surface area is 115 Å². The van der Waals surface area contributed by atoms with Crippen LogP contribution >= 0.6 is 0 Å². The van der Waals surface area contributed by atoms with Crippen LogP contribution in [0.2, 0.25) is 0 Å². The highest BCUT2D eigenvalue weighted by molar-refractivity contribution is 5.79. The maximum Gasteiger partial charge on any atom is 0.323 e. The van der Waals surface area contributed by atoms with E-state index in [-0.39, 0.29) is 0 Å². The minimum Gasteiger partial charge on any atom is -0.480 e. The number of hydrogen-bond acceptors (Lipinski definition) is 4. The molecule has 0 aromatic carbocycles. The van der Waals surface area contributed by atoms with Crippen LogP contribution in [0.3, 0.4) is 0 Å². The molecule has 2 aliphatic rings. The summed E-state index contributed by atoms with van der Waals surface area (Å²) in [6.45, 7) is 2.20. The summed E-state index contributed by atoms with van der Waals surface area (Å²) in [5.74, 6) is -0.696. The van der Waals surface area contributed by atoms with E-state index in [0.29, 0.717) is 12.1 Å². The Kier molecular flexibility index (Phi) is 4.48. The number of likely N-dealkylation sites (N-methyl/N-ethyl adjacent to an activating group) is 2. The Morgan fingerprint density at radius 3 is 2.68 bits per heavy atom. The van der Waals surface area contributed by atoms with Crippen molar-refractivity contribution in [2.24, 2.45) is 0 Å². The SMILES string of the molecule is CNC1(C(=O)O)CCC(N2CCCC(N(C)C)C2)C1. The summed E-state index contributed by atoms with van der Waals surface area (Å²) in [5.41, 5.74) is -0.699. The molecule has 0 bridgehead atoms. The minimum absolute atomic E-state index is 0.422. The van der Waals surface area contributed by atoms with Gasteiger partial charge in [-0.1, -0.05) is 0 Å². The average molecular weight is 269 g/mol. The molecule has 0 aromatic rings. The van der Waals surface area contributed by atoms with E-state index < -0.39 is 11.5 Å². The van der Waals surface area contributed by atoms with Crippen LogP contribution in [-0.2, 0) is 4.79 Å². The summed E-state index contributed by atoms with van der Waals surface area (Å²) in [6, 6.07) is 1.04. The lowest BCUT2D eigenvalue weighted by Gasteiger charge is -2.39. The van der Waals surface area contributed by atoms with Gasteiger partial charge in [0.15, 0.2) is 0 Å². The molecule has 0 aromatic heterocycles. The second kappa shape index (κ2) is 5.77. The number of carbonyl (C=O) groups is 1. The number of rotatable bonds is 4. The number of carboxylic acid groups (broad SMARTS) is 1. The molecule has 5 nitrogen and oxygen atoms in total. The number of aliphatic carboxylic acids is 1. The fraction of sp³-hybridized carbons (Fsp3) is 0.929. The summed E-state index contributed by atoms with van der Waals surface area (Å²) in [6.07, 6.45) is 4.95. The first-order chi connectivity index (χ1) is 8.98. The van der Waals surface area contributed by atoms with Gasteiger partial charge in [-0.2, -0.15) is 0 Å². The third-order valence-corrected chi connectivity index (χ3v) is 5.05. The van der Waals surface area contributed by atoms with Crippen LogP contribution in [0.4, 0.5) is 0 Å². The van der Waals surface area contributed by atoms with Crippen LogP contribution < -0.4 is 5.32 Å². The van der Waals surface area contributed by atoms with Crippen LogP contribution in [-0.4, -0.2) is 72.7 Å². The Balaban J connectivity index is 1.98.